The first-order valence-corrected chi connectivity index (χ1v) is 8.30. The number of hydrogen-bond donors (Lipinski definition) is 2. The third-order valence-electron chi connectivity index (χ3n) is 3.84. The number of hydrogen-bond acceptors (Lipinski definition) is 4. The van der Waals surface area contributed by atoms with Gasteiger partial charge in [-0.05, 0) is 17.0 Å². The minimum atomic E-state index is -0.557. The van der Waals surface area contributed by atoms with Crippen LogP contribution in [0, 0.1) is 0 Å². The Morgan fingerprint density at radius 1 is 0.958 bits per heavy atom. The fraction of sp³-hybridized carbons (Fsp3) is 0.111. The number of carbonyl (C=O) groups excluding carboxylic acids is 2. The monoisotopic (exact) mass is 339 g/mol. The molecule has 0 spiro atoms. The average molecular weight is 339 g/mol. The maximum Gasteiger partial charge on any atom is 0.247 e. The van der Waals surface area contributed by atoms with E-state index in [-0.39, 0.29) is 0 Å². The minimum absolute atomic E-state index is 0.365. The molecule has 2 amide bonds. The predicted molar refractivity (Wildman–Crippen MR) is 93.6 cm³/mol. The Morgan fingerprint density at radius 3 is 2.08 bits per heavy atom. The van der Waals surface area contributed by atoms with Gasteiger partial charge in [0.1, 0.15) is 0 Å². The normalized spacial score (nSPS) is 14.9. The lowest BCUT2D eigenvalue weighted by molar-refractivity contribution is -0.115. The lowest BCUT2D eigenvalue weighted by Crippen LogP contribution is -2.32. The van der Waals surface area contributed by atoms with E-state index in [4.69, 9.17) is 11.5 Å². The highest BCUT2D eigenvalue weighted by atomic mass is 32.1. The van der Waals surface area contributed by atoms with Crippen molar-refractivity contribution in [2.75, 3.05) is 0 Å². The van der Waals surface area contributed by atoms with Crippen LogP contribution in [0.25, 0.3) is 0 Å². The number of nitrogens with two attached hydrogens (primary N) is 2. The summed E-state index contributed by atoms with van der Waals surface area (Å²) in [6.07, 6.45) is 3.40. The van der Waals surface area contributed by atoms with E-state index in [2.05, 4.69) is 0 Å². The molecule has 3 rings (SSSR count). The number of primary amides is 2. The van der Waals surface area contributed by atoms with E-state index in [1.54, 1.807) is 17.3 Å². The molecule has 5 nitrogen and oxygen atoms in total. The quantitative estimate of drug-likeness (QED) is 0.874. The summed E-state index contributed by atoms with van der Waals surface area (Å²) in [5.74, 6) is -1.62. The van der Waals surface area contributed by atoms with Crippen molar-refractivity contribution in [1.82, 2.24) is 4.90 Å². The highest BCUT2D eigenvalue weighted by Gasteiger charge is 2.32. The summed E-state index contributed by atoms with van der Waals surface area (Å²) in [5, 5.41) is 1.89. The average Bonchev–Trinajstić information content (AvgIpc) is 3.09. The molecule has 6 heteroatoms. The Hall–Kier alpha value is -2.86. The van der Waals surface area contributed by atoms with Gasteiger partial charge < -0.3 is 16.4 Å². The largest absolute Gasteiger partial charge is 0.366 e. The number of nitrogens with zero attached hydrogens (tertiary/aromatic N) is 1. The van der Waals surface area contributed by atoms with Crippen molar-refractivity contribution < 1.29 is 9.59 Å². The molecule has 0 aliphatic carbocycles. The van der Waals surface area contributed by atoms with Gasteiger partial charge in [-0.2, -0.15) is 0 Å². The first-order valence-electron chi connectivity index (χ1n) is 7.42. The molecule has 1 aromatic carbocycles. The molecule has 0 saturated carbocycles. The fourth-order valence-electron chi connectivity index (χ4n) is 2.77. The van der Waals surface area contributed by atoms with Crippen LogP contribution in [0.1, 0.15) is 16.4 Å². The minimum Gasteiger partial charge on any atom is -0.366 e. The van der Waals surface area contributed by atoms with Crippen LogP contribution in [0.3, 0.4) is 0 Å². The van der Waals surface area contributed by atoms with Gasteiger partial charge in [0.2, 0.25) is 11.8 Å². The van der Waals surface area contributed by atoms with E-state index >= 15 is 0 Å². The first kappa shape index (κ1) is 16.0. The van der Waals surface area contributed by atoms with Gasteiger partial charge in [-0.15, -0.1) is 11.3 Å². The van der Waals surface area contributed by atoms with Gasteiger partial charge >= 0.3 is 0 Å². The zero-order chi connectivity index (χ0) is 17.1. The highest BCUT2D eigenvalue weighted by molar-refractivity contribution is 7.10. The Labute approximate surface area is 143 Å². The number of thiophene rings is 1. The van der Waals surface area contributed by atoms with Gasteiger partial charge in [0.15, 0.2) is 0 Å². The number of benzene rings is 1. The summed E-state index contributed by atoms with van der Waals surface area (Å²) >= 11 is 1.46. The molecule has 1 aromatic heterocycles. The summed E-state index contributed by atoms with van der Waals surface area (Å²) in [7, 11) is 0. The molecule has 0 bridgehead atoms. The van der Waals surface area contributed by atoms with Crippen molar-refractivity contribution in [3.63, 3.8) is 0 Å². The Morgan fingerprint density at radius 2 is 1.58 bits per heavy atom. The van der Waals surface area contributed by atoms with Crippen LogP contribution in [0.5, 0.6) is 0 Å². The van der Waals surface area contributed by atoms with E-state index in [1.807, 2.05) is 47.8 Å². The van der Waals surface area contributed by atoms with Gasteiger partial charge in [-0.25, -0.2) is 0 Å². The second-order valence-electron chi connectivity index (χ2n) is 5.50. The zero-order valence-electron chi connectivity index (χ0n) is 12.9. The molecular weight excluding hydrogens is 322 g/mol. The predicted octanol–water partition coefficient (Wildman–Crippen LogP) is 2.09. The molecule has 4 N–H and O–H groups in total. The zero-order valence-corrected chi connectivity index (χ0v) is 13.7. The number of amides is 2. The number of carbonyl (C=O) groups is 2. The van der Waals surface area contributed by atoms with Crippen molar-refractivity contribution >= 4 is 23.2 Å². The van der Waals surface area contributed by atoms with E-state index < -0.39 is 17.7 Å². The molecule has 1 aliphatic rings. The van der Waals surface area contributed by atoms with Crippen molar-refractivity contribution in [2.45, 2.75) is 12.5 Å². The molecular formula is C18H17N3O2S. The van der Waals surface area contributed by atoms with E-state index in [0.29, 0.717) is 17.7 Å². The Kier molecular flexibility index (Phi) is 4.48. The molecule has 0 radical (unpaired) electrons. The SMILES string of the molecule is NC(=O)C1=CN(Cc2ccccc2)C=C(C(N)=O)C1c1cccs1. The fourth-order valence-corrected chi connectivity index (χ4v) is 3.63. The molecule has 2 heterocycles. The van der Waals surface area contributed by atoms with Gasteiger partial charge in [0, 0.05) is 35.0 Å². The van der Waals surface area contributed by atoms with Crippen molar-refractivity contribution in [1.29, 1.82) is 0 Å². The summed E-state index contributed by atoms with van der Waals surface area (Å²) in [6, 6.07) is 13.5. The van der Waals surface area contributed by atoms with Crippen LogP contribution in [0.4, 0.5) is 0 Å². The van der Waals surface area contributed by atoms with Gasteiger partial charge in [0.25, 0.3) is 0 Å². The maximum absolute atomic E-state index is 12.0. The summed E-state index contributed by atoms with van der Waals surface area (Å²) in [6.45, 7) is 0.519. The smallest absolute Gasteiger partial charge is 0.247 e. The summed E-state index contributed by atoms with van der Waals surface area (Å²) in [4.78, 5) is 26.6. The summed E-state index contributed by atoms with van der Waals surface area (Å²) in [5.41, 5.74) is 12.9. The van der Waals surface area contributed by atoms with Crippen LogP contribution in [-0.4, -0.2) is 16.7 Å². The molecule has 0 atom stereocenters. The molecule has 2 aromatic rings. The van der Waals surface area contributed by atoms with Gasteiger partial charge in [-0.1, -0.05) is 36.4 Å². The van der Waals surface area contributed by atoms with Crippen molar-refractivity contribution in [3.05, 3.63) is 81.8 Å². The lowest BCUT2D eigenvalue weighted by atomic mass is 9.87. The van der Waals surface area contributed by atoms with Crippen LogP contribution >= 0.6 is 11.3 Å². The molecule has 24 heavy (non-hydrogen) atoms. The summed E-state index contributed by atoms with van der Waals surface area (Å²) < 4.78 is 0. The van der Waals surface area contributed by atoms with Gasteiger partial charge in [-0.3, -0.25) is 9.59 Å². The molecule has 1 aliphatic heterocycles. The van der Waals surface area contributed by atoms with Crippen molar-refractivity contribution in [3.8, 4) is 0 Å². The van der Waals surface area contributed by atoms with Crippen LogP contribution in [0.15, 0.2) is 71.4 Å². The van der Waals surface area contributed by atoms with E-state index in [9.17, 15) is 9.59 Å². The van der Waals surface area contributed by atoms with Crippen LogP contribution < -0.4 is 11.5 Å². The van der Waals surface area contributed by atoms with E-state index in [0.717, 1.165) is 10.4 Å². The Balaban J connectivity index is 2.01. The number of rotatable bonds is 5. The molecule has 0 fully saturated rings. The molecule has 122 valence electrons. The lowest BCUT2D eigenvalue weighted by Gasteiger charge is -2.29. The second-order valence-corrected chi connectivity index (χ2v) is 6.48. The molecule has 0 saturated heterocycles. The van der Waals surface area contributed by atoms with Gasteiger partial charge in [0.05, 0.1) is 5.92 Å². The maximum atomic E-state index is 12.0. The second kappa shape index (κ2) is 6.72. The topological polar surface area (TPSA) is 89.4 Å². The first-order chi connectivity index (χ1) is 11.6. The van der Waals surface area contributed by atoms with Crippen molar-refractivity contribution in [2.24, 2.45) is 11.5 Å². The Bertz CT molecular complexity index is 778. The third kappa shape index (κ3) is 3.23. The standard InChI is InChI=1S/C18H17N3O2S/c19-17(22)13-10-21(9-12-5-2-1-3-6-12)11-14(18(20)23)16(13)15-7-4-8-24-15/h1-8,10-11,16H,9H2,(H2,19,22)(H2,20,23). The molecule has 0 unspecified atom stereocenters. The highest BCUT2D eigenvalue weighted by Crippen LogP contribution is 2.37. The van der Waals surface area contributed by atoms with Crippen LogP contribution in [0.2, 0.25) is 0 Å². The van der Waals surface area contributed by atoms with Crippen LogP contribution in [-0.2, 0) is 16.1 Å². The van der Waals surface area contributed by atoms with E-state index in [1.165, 1.54) is 11.3 Å². The third-order valence-corrected chi connectivity index (χ3v) is 4.77.